The summed E-state index contributed by atoms with van der Waals surface area (Å²) in [6, 6.07) is 0. The summed E-state index contributed by atoms with van der Waals surface area (Å²) < 4.78 is 0. The predicted molar refractivity (Wildman–Crippen MR) is 137 cm³/mol. The number of aliphatic carboxylic acids is 1. The molecule has 3 saturated carbocycles. The minimum atomic E-state index is -0.919. The van der Waals surface area contributed by atoms with Crippen molar-refractivity contribution in [2.24, 2.45) is 28.1 Å². The lowest BCUT2D eigenvalue weighted by Gasteiger charge is -2.62. The molecule has 2 N–H and O–H groups in total. The highest BCUT2D eigenvalue weighted by Crippen LogP contribution is 2.69. The van der Waals surface area contributed by atoms with E-state index < -0.39 is 5.97 Å². The Bertz CT molecular complexity index is 1000. The third-order valence-electron chi connectivity index (χ3n) is 9.41. The van der Waals surface area contributed by atoms with Crippen molar-refractivity contribution in [1.82, 2.24) is 0 Å². The number of hydrogen-bond acceptors (Lipinski definition) is 3. The van der Waals surface area contributed by atoms with E-state index in [2.05, 4.69) is 34.6 Å². The highest BCUT2D eigenvalue weighted by atomic mass is 16.4. The summed E-state index contributed by atoms with van der Waals surface area (Å²) in [5, 5.41) is 19.6. The molecule has 0 radical (unpaired) electrons. The maximum absolute atomic E-state index is 13.4. The summed E-state index contributed by atoms with van der Waals surface area (Å²) >= 11 is 0. The molecule has 4 nitrogen and oxygen atoms in total. The topological polar surface area (TPSA) is 74.6 Å². The number of carboxylic acid groups (broad SMARTS) is 1. The van der Waals surface area contributed by atoms with Crippen molar-refractivity contribution < 1.29 is 19.8 Å². The van der Waals surface area contributed by atoms with Gasteiger partial charge in [0.1, 0.15) is 0 Å². The highest BCUT2D eigenvalue weighted by molar-refractivity contribution is 6.00. The smallest absolute Gasteiger partial charge is 0.331 e. The molecule has 3 rings (SSSR count). The van der Waals surface area contributed by atoms with E-state index in [9.17, 15) is 14.7 Å². The summed E-state index contributed by atoms with van der Waals surface area (Å²) in [5.74, 6) is 0.120. The number of aliphatic hydroxyl groups excluding tert-OH is 1. The molecule has 0 aliphatic heterocycles. The molecule has 0 aromatic carbocycles. The Morgan fingerprint density at radius 2 is 1.59 bits per heavy atom. The average molecular weight is 467 g/mol. The van der Waals surface area contributed by atoms with Gasteiger partial charge in [-0.1, -0.05) is 69.7 Å². The normalized spacial score (nSPS) is 37.8. The molecule has 0 saturated heterocycles. The van der Waals surface area contributed by atoms with Crippen LogP contribution in [-0.2, 0) is 9.59 Å². The molecule has 0 bridgehead atoms. The Morgan fingerprint density at radius 3 is 2.24 bits per heavy atom. The fourth-order valence-corrected chi connectivity index (χ4v) is 7.47. The first kappa shape index (κ1) is 26.4. The molecule has 186 valence electrons. The first-order chi connectivity index (χ1) is 15.7. The van der Waals surface area contributed by atoms with Gasteiger partial charge in [-0.3, -0.25) is 4.79 Å². The summed E-state index contributed by atoms with van der Waals surface area (Å²) in [6.45, 7) is 14.7. The molecule has 0 heterocycles. The molecule has 0 spiro atoms. The monoisotopic (exact) mass is 466 g/mol. The van der Waals surface area contributed by atoms with Crippen molar-refractivity contribution in [2.75, 3.05) is 0 Å². The zero-order valence-corrected chi connectivity index (χ0v) is 21.9. The molecule has 0 unspecified atom stereocenters. The van der Waals surface area contributed by atoms with Gasteiger partial charge in [0, 0.05) is 23.0 Å². The number of aliphatic hydroxyl groups is 1. The summed E-state index contributed by atoms with van der Waals surface area (Å²) in [5.41, 5.74) is 3.17. The van der Waals surface area contributed by atoms with Gasteiger partial charge < -0.3 is 10.2 Å². The SMILES string of the molecule is CC(/C=C/C=C(\C)C(=O)O)=C\C=C\C(C)=C1\C(=O)C[C@H]2[C@@]3(C)CC[C@H](O)C(C)(C)[C@@H]3CC[C@]12C. The maximum atomic E-state index is 13.4. The Balaban J connectivity index is 1.85. The lowest BCUT2D eigenvalue weighted by Crippen LogP contribution is -2.57. The second-order valence-corrected chi connectivity index (χ2v) is 11.9. The summed E-state index contributed by atoms with van der Waals surface area (Å²) in [7, 11) is 0. The van der Waals surface area contributed by atoms with Crippen molar-refractivity contribution >= 4 is 11.8 Å². The summed E-state index contributed by atoms with van der Waals surface area (Å²) in [6.07, 6.45) is 15.4. The number of allylic oxidation sites excluding steroid dienone is 9. The van der Waals surface area contributed by atoms with Crippen LogP contribution in [-0.4, -0.2) is 28.1 Å². The Morgan fingerprint density at radius 1 is 0.941 bits per heavy atom. The molecule has 4 heteroatoms. The van der Waals surface area contributed by atoms with Crippen LogP contribution in [0.15, 0.2) is 58.7 Å². The standard InChI is InChI=1S/C30H42O4/c1-19(11-9-13-21(3)27(33)34)10-8-12-20(2)26-22(31)18-24-29(6)17-15-25(32)28(4,5)23(29)14-16-30(24,26)7/h8-13,23-25,32H,14-18H2,1-7H3,(H,33,34)/b11-9+,12-8+,19-10+,21-13+,26-20-/t23-,24-,25-,29-,30-/m0/s1. The number of fused-ring (bicyclic) bond motifs is 3. The van der Waals surface area contributed by atoms with Gasteiger partial charge in [0.2, 0.25) is 0 Å². The van der Waals surface area contributed by atoms with Crippen LogP contribution in [0.5, 0.6) is 0 Å². The van der Waals surface area contributed by atoms with Gasteiger partial charge in [0.15, 0.2) is 5.78 Å². The third kappa shape index (κ3) is 4.54. The minimum Gasteiger partial charge on any atom is -0.478 e. The Kier molecular flexibility index (Phi) is 7.34. The average Bonchev–Trinajstić information content (AvgIpc) is 3.02. The Labute approximate surface area is 205 Å². The fraction of sp³-hybridized carbons (Fsp3) is 0.600. The lowest BCUT2D eigenvalue weighted by atomic mass is 9.43. The quantitative estimate of drug-likeness (QED) is 0.354. The number of carboxylic acids is 1. The Hall–Kier alpha value is -2.20. The van der Waals surface area contributed by atoms with Gasteiger partial charge in [-0.15, -0.1) is 0 Å². The molecule has 0 aromatic heterocycles. The van der Waals surface area contributed by atoms with E-state index in [1.807, 2.05) is 31.2 Å². The minimum absolute atomic E-state index is 0.0695. The van der Waals surface area contributed by atoms with Crippen LogP contribution in [0.2, 0.25) is 0 Å². The van der Waals surface area contributed by atoms with Crippen LogP contribution in [0.25, 0.3) is 0 Å². The molecule has 0 aromatic rings. The van der Waals surface area contributed by atoms with E-state index >= 15 is 0 Å². The largest absolute Gasteiger partial charge is 0.478 e. The van der Waals surface area contributed by atoms with Crippen LogP contribution in [0.4, 0.5) is 0 Å². The first-order valence-electron chi connectivity index (χ1n) is 12.6. The van der Waals surface area contributed by atoms with Crippen molar-refractivity contribution in [1.29, 1.82) is 0 Å². The van der Waals surface area contributed by atoms with E-state index in [1.165, 1.54) is 0 Å². The van der Waals surface area contributed by atoms with Gasteiger partial charge in [-0.05, 0) is 74.7 Å². The number of hydrogen-bond donors (Lipinski definition) is 2. The predicted octanol–water partition coefficient (Wildman–Crippen LogP) is 6.59. The van der Waals surface area contributed by atoms with Gasteiger partial charge in [-0.2, -0.15) is 0 Å². The van der Waals surface area contributed by atoms with Crippen LogP contribution < -0.4 is 0 Å². The first-order valence-corrected chi connectivity index (χ1v) is 12.6. The second kappa shape index (κ2) is 9.45. The third-order valence-corrected chi connectivity index (χ3v) is 9.41. The van der Waals surface area contributed by atoms with Gasteiger partial charge >= 0.3 is 5.97 Å². The van der Waals surface area contributed by atoms with Crippen LogP contribution in [0.1, 0.15) is 80.6 Å². The van der Waals surface area contributed by atoms with E-state index in [-0.39, 0.29) is 28.1 Å². The van der Waals surface area contributed by atoms with E-state index in [0.717, 1.165) is 42.4 Å². The number of carbonyl (C=O) groups is 2. The number of rotatable bonds is 5. The van der Waals surface area contributed by atoms with Crippen molar-refractivity contribution in [3.05, 3.63) is 58.7 Å². The van der Waals surface area contributed by atoms with E-state index in [1.54, 1.807) is 19.1 Å². The van der Waals surface area contributed by atoms with Crippen molar-refractivity contribution in [3.63, 3.8) is 0 Å². The molecule has 3 aliphatic carbocycles. The van der Waals surface area contributed by atoms with Gasteiger partial charge in [-0.25, -0.2) is 4.79 Å². The number of ketones is 1. The molecule has 5 atom stereocenters. The van der Waals surface area contributed by atoms with Gasteiger partial charge in [0.05, 0.1) is 6.10 Å². The van der Waals surface area contributed by atoms with Crippen LogP contribution >= 0.6 is 0 Å². The van der Waals surface area contributed by atoms with E-state index in [4.69, 9.17) is 5.11 Å². The zero-order valence-electron chi connectivity index (χ0n) is 21.9. The van der Waals surface area contributed by atoms with E-state index in [0.29, 0.717) is 23.8 Å². The molecule has 0 amide bonds. The second-order valence-electron chi connectivity index (χ2n) is 11.9. The summed E-state index contributed by atoms with van der Waals surface area (Å²) in [4.78, 5) is 24.2. The maximum Gasteiger partial charge on any atom is 0.331 e. The van der Waals surface area contributed by atoms with Crippen LogP contribution in [0, 0.1) is 28.1 Å². The molecular weight excluding hydrogens is 424 g/mol. The number of carbonyl (C=O) groups excluding carboxylic acids is 1. The molecule has 3 aliphatic rings. The number of Topliss-reactive ketones (excluding diaryl/α,β-unsaturated/α-hetero) is 1. The molecule has 34 heavy (non-hydrogen) atoms. The molecule has 3 fully saturated rings. The van der Waals surface area contributed by atoms with Crippen LogP contribution in [0.3, 0.4) is 0 Å². The lowest BCUT2D eigenvalue weighted by molar-refractivity contribution is -0.157. The van der Waals surface area contributed by atoms with Crippen molar-refractivity contribution in [3.8, 4) is 0 Å². The fourth-order valence-electron chi connectivity index (χ4n) is 7.47. The highest BCUT2D eigenvalue weighted by Gasteiger charge is 2.64. The zero-order chi connectivity index (χ0) is 25.5. The van der Waals surface area contributed by atoms with Gasteiger partial charge in [0.25, 0.3) is 0 Å². The van der Waals surface area contributed by atoms with Crippen molar-refractivity contribution in [2.45, 2.75) is 86.7 Å². The molecular formula is C30H42O4.